The third-order valence-corrected chi connectivity index (χ3v) is 6.40. The fourth-order valence-corrected chi connectivity index (χ4v) is 4.00. The van der Waals surface area contributed by atoms with Gasteiger partial charge in [-0.1, -0.05) is 28.8 Å². The standard InChI is InChI=1S/C16H23BrN2O3S/c1-12-10-14(8-9-15(12)17)19(23(3,21)22)11-16(20)18(2)13-6-4-5-7-13/h8-10,13H,4-7,11H2,1-3H3. The van der Waals surface area contributed by atoms with Crippen LogP contribution < -0.4 is 4.31 Å². The molecule has 1 fully saturated rings. The molecular formula is C16H23BrN2O3S. The second-order valence-corrected chi connectivity index (χ2v) is 8.91. The van der Waals surface area contributed by atoms with E-state index in [0.29, 0.717) is 5.69 Å². The number of anilines is 1. The number of halogens is 1. The minimum Gasteiger partial charge on any atom is -0.341 e. The summed E-state index contributed by atoms with van der Waals surface area (Å²) in [5, 5.41) is 0. The van der Waals surface area contributed by atoms with Crippen molar-refractivity contribution >= 4 is 37.5 Å². The Kier molecular flexibility index (Phi) is 5.73. The van der Waals surface area contributed by atoms with Crippen LogP contribution in [0.15, 0.2) is 22.7 Å². The van der Waals surface area contributed by atoms with Crippen molar-refractivity contribution in [1.82, 2.24) is 4.90 Å². The molecule has 1 amide bonds. The Morgan fingerprint density at radius 1 is 1.30 bits per heavy atom. The molecule has 0 bridgehead atoms. The maximum Gasteiger partial charge on any atom is 0.243 e. The average molecular weight is 403 g/mol. The van der Waals surface area contributed by atoms with E-state index >= 15 is 0 Å². The van der Waals surface area contributed by atoms with Gasteiger partial charge in [0, 0.05) is 17.6 Å². The number of carbonyl (C=O) groups excluding carboxylic acids is 1. The van der Waals surface area contributed by atoms with Gasteiger partial charge >= 0.3 is 0 Å². The van der Waals surface area contributed by atoms with Crippen LogP contribution in [-0.4, -0.2) is 45.1 Å². The Morgan fingerprint density at radius 3 is 2.43 bits per heavy atom. The van der Waals surface area contributed by atoms with E-state index in [0.717, 1.165) is 42.0 Å². The zero-order valence-corrected chi connectivity index (χ0v) is 16.2. The Labute approximate surface area is 146 Å². The average Bonchev–Trinajstić information content (AvgIpc) is 2.99. The van der Waals surface area contributed by atoms with E-state index in [2.05, 4.69) is 15.9 Å². The molecule has 0 spiro atoms. The topological polar surface area (TPSA) is 57.7 Å². The predicted molar refractivity (Wildman–Crippen MR) is 96.1 cm³/mol. The second kappa shape index (κ2) is 7.21. The third-order valence-electron chi connectivity index (χ3n) is 4.37. The number of nitrogens with zero attached hydrogens (tertiary/aromatic N) is 2. The lowest BCUT2D eigenvalue weighted by Gasteiger charge is -2.28. The van der Waals surface area contributed by atoms with Crippen molar-refractivity contribution in [2.24, 2.45) is 0 Å². The molecule has 2 rings (SSSR count). The van der Waals surface area contributed by atoms with Crippen LogP contribution in [0.25, 0.3) is 0 Å². The summed E-state index contributed by atoms with van der Waals surface area (Å²) in [4.78, 5) is 14.2. The minimum absolute atomic E-state index is 0.160. The Hall–Kier alpha value is -1.08. The maximum atomic E-state index is 12.5. The van der Waals surface area contributed by atoms with Crippen LogP contribution in [0.2, 0.25) is 0 Å². The van der Waals surface area contributed by atoms with Crippen molar-refractivity contribution in [3.63, 3.8) is 0 Å². The van der Waals surface area contributed by atoms with E-state index in [-0.39, 0.29) is 18.5 Å². The van der Waals surface area contributed by atoms with Crippen LogP contribution in [0.1, 0.15) is 31.2 Å². The highest BCUT2D eigenvalue weighted by Gasteiger charge is 2.27. The van der Waals surface area contributed by atoms with Gasteiger partial charge in [0.05, 0.1) is 11.9 Å². The quantitative estimate of drug-likeness (QED) is 0.760. The monoisotopic (exact) mass is 402 g/mol. The third kappa shape index (κ3) is 4.47. The lowest BCUT2D eigenvalue weighted by atomic mass is 10.2. The Bertz CT molecular complexity index is 685. The molecule has 1 saturated carbocycles. The van der Waals surface area contributed by atoms with Gasteiger partial charge in [-0.05, 0) is 43.5 Å². The van der Waals surface area contributed by atoms with Crippen molar-refractivity contribution in [2.45, 2.75) is 38.6 Å². The first-order valence-corrected chi connectivity index (χ1v) is 10.3. The van der Waals surface area contributed by atoms with E-state index in [1.54, 1.807) is 30.1 Å². The molecule has 128 valence electrons. The molecule has 7 heteroatoms. The molecule has 0 radical (unpaired) electrons. The van der Waals surface area contributed by atoms with Gasteiger partial charge in [0.25, 0.3) is 0 Å². The fraction of sp³-hybridized carbons (Fsp3) is 0.562. The van der Waals surface area contributed by atoms with E-state index < -0.39 is 10.0 Å². The molecule has 23 heavy (non-hydrogen) atoms. The summed E-state index contributed by atoms with van der Waals surface area (Å²) in [6, 6.07) is 5.51. The summed E-state index contributed by atoms with van der Waals surface area (Å²) in [6.07, 6.45) is 5.39. The van der Waals surface area contributed by atoms with Gasteiger partial charge in [0.15, 0.2) is 0 Å². The largest absolute Gasteiger partial charge is 0.341 e. The summed E-state index contributed by atoms with van der Waals surface area (Å²) in [5.74, 6) is -0.164. The van der Waals surface area contributed by atoms with Crippen LogP contribution in [0.4, 0.5) is 5.69 Å². The van der Waals surface area contributed by atoms with E-state index in [9.17, 15) is 13.2 Å². The molecule has 0 aromatic heterocycles. The molecule has 5 nitrogen and oxygen atoms in total. The number of amides is 1. The molecule has 0 saturated heterocycles. The molecular weight excluding hydrogens is 380 g/mol. The SMILES string of the molecule is Cc1cc(N(CC(=O)N(C)C2CCCC2)S(C)(=O)=O)ccc1Br. The van der Waals surface area contributed by atoms with E-state index in [1.807, 2.05) is 6.92 Å². The van der Waals surface area contributed by atoms with Gasteiger partial charge < -0.3 is 4.90 Å². The zero-order chi connectivity index (χ0) is 17.2. The first kappa shape index (κ1) is 18.3. The first-order valence-electron chi connectivity index (χ1n) is 7.69. The Morgan fingerprint density at radius 2 is 1.91 bits per heavy atom. The van der Waals surface area contributed by atoms with Crippen molar-refractivity contribution in [3.05, 3.63) is 28.2 Å². The summed E-state index contributed by atoms with van der Waals surface area (Å²) in [6.45, 7) is 1.73. The Balaban J connectivity index is 2.22. The number of aryl methyl sites for hydroxylation is 1. The van der Waals surface area contributed by atoms with E-state index in [4.69, 9.17) is 0 Å². The summed E-state index contributed by atoms with van der Waals surface area (Å²) in [5.41, 5.74) is 1.44. The van der Waals surface area contributed by atoms with Crippen molar-refractivity contribution < 1.29 is 13.2 Å². The molecule has 0 aliphatic heterocycles. The normalized spacial score (nSPS) is 15.7. The van der Waals surface area contributed by atoms with Crippen LogP contribution in [0, 0.1) is 6.92 Å². The molecule has 1 aliphatic rings. The van der Waals surface area contributed by atoms with Crippen molar-refractivity contribution in [3.8, 4) is 0 Å². The van der Waals surface area contributed by atoms with Gasteiger partial charge in [0.2, 0.25) is 15.9 Å². The summed E-state index contributed by atoms with van der Waals surface area (Å²) >= 11 is 3.40. The molecule has 1 aromatic carbocycles. The molecule has 0 unspecified atom stereocenters. The van der Waals surface area contributed by atoms with Crippen molar-refractivity contribution in [2.75, 3.05) is 24.2 Å². The number of hydrogen-bond acceptors (Lipinski definition) is 3. The smallest absolute Gasteiger partial charge is 0.243 e. The second-order valence-electron chi connectivity index (χ2n) is 6.15. The number of hydrogen-bond donors (Lipinski definition) is 0. The lowest BCUT2D eigenvalue weighted by molar-refractivity contribution is -0.130. The molecule has 0 atom stereocenters. The van der Waals surface area contributed by atoms with Crippen molar-refractivity contribution in [1.29, 1.82) is 0 Å². The summed E-state index contributed by atoms with van der Waals surface area (Å²) < 4.78 is 26.4. The minimum atomic E-state index is -3.53. The highest BCUT2D eigenvalue weighted by molar-refractivity contribution is 9.10. The summed E-state index contributed by atoms with van der Waals surface area (Å²) in [7, 11) is -1.76. The van der Waals surface area contributed by atoms with Gasteiger partial charge in [-0.25, -0.2) is 8.42 Å². The fourth-order valence-electron chi connectivity index (χ4n) is 2.91. The molecule has 1 aliphatic carbocycles. The van der Waals surface area contributed by atoms with Crippen LogP contribution in [0.5, 0.6) is 0 Å². The highest BCUT2D eigenvalue weighted by atomic mass is 79.9. The highest BCUT2D eigenvalue weighted by Crippen LogP contribution is 2.26. The number of carbonyl (C=O) groups is 1. The lowest BCUT2D eigenvalue weighted by Crippen LogP contribution is -2.44. The van der Waals surface area contributed by atoms with Crippen LogP contribution in [-0.2, 0) is 14.8 Å². The molecule has 0 N–H and O–H groups in total. The predicted octanol–water partition coefficient (Wildman–Crippen LogP) is 2.92. The van der Waals surface area contributed by atoms with Gasteiger partial charge in [-0.3, -0.25) is 9.10 Å². The van der Waals surface area contributed by atoms with Gasteiger partial charge in [0.1, 0.15) is 6.54 Å². The number of rotatable bonds is 5. The zero-order valence-electron chi connectivity index (χ0n) is 13.8. The molecule has 0 heterocycles. The van der Waals surface area contributed by atoms with Gasteiger partial charge in [-0.15, -0.1) is 0 Å². The van der Waals surface area contributed by atoms with Crippen LogP contribution >= 0.6 is 15.9 Å². The molecule has 1 aromatic rings. The number of sulfonamides is 1. The number of benzene rings is 1. The van der Waals surface area contributed by atoms with E-state index in [1.165, 1.54) is 4.31 Å². The maximum absolute atomic E-state index is 12.5. The number of likely N-dealkylation sites (N-methyl/N-ethyl adjacent to an activating group) is 1. The first-order chi connectivity index (χ1) is 10.7. The van der Waals surface area contributed by atoms with Crippen LogP contribution in [0.3, 0.4) is 0 Å². The van der Waals surface area contributed by atoms with Gasteiger partial charge in [-0.2, -0.15) is 0 Å².